The molecule has 4 rings (SSSR count). The molecule has 30 heavy (non-hydrogen) atoms. The first-order valence-corrected chi connectivity index (χ1v) is 9.83. The summed E-state index contributed by atoms with van der Waals surface area (Å²) in [5.41, 5.74) is 3.87. The number of aromatic nitrogens is 2. The maximum Gasteiger partial charge on any atom is 0.333 e. The van der Waals surface area contributed by atoms with E-state index in [-0.39, 0.29) is 6.42 Å². The third-order valence-corrected chi connectivity index (χ3v) is 4.97. The van der Waals surface area contributed by atoms with E-state index in [1.807, 2.05) is 54.4 Å². The van der Waals surface area contributed by atoms with Crippen LogP contribution >= 0.6 is 0 Å². The average Bonchev–Trinajstić information content (AvgIpc) is 3.35. The molecule has 0 fully saturated rings. The molecule has 0 saturated heterocycles. The molecule has 1 unspecified atom stereocenters. The summed E-state index contributed by atoms with van der Waals surface area (Å²) in [7, 11) is 1.92. The van der Waals surface area contributed by atoms with Crippen LogP contribution in [0.3, 0.4) is 0 Å². The van der Waals surface area contributed by atoms with Crippen LogP contribution in [0.25, 0.3) is 22.1 Å². The Labute approximate surface area is 173 Å². The molecule has 8 nitrogen and oxygen atoms in total. The standard InChI is InChI=1S/C22H23N3O5/c1-3-28-20(21(26)27)13-14-8-9-15-16(24-30-19(15)12-14)10-11-25(2)22-23-17-6-4-5-7-18(17)29-22/h4-9,12,20H,3,10-11,13H2,1-2H3,(H,26,27). The number of hydrogen-bond donors (Lipinski definition) is 1. The lowest BCUT2D eigenvalue weighted by atomic mass is 10.0. The third-order valence-electron chi connectivity index (χ3n) is 4.97. The van der Waals surface area contributed by atoms with Crippen LogP contribution in [0.2, 0.25) is 0 Å². The van der Waals surface area contributed by atoms with Gasteiger partial charge in [-0.05, 0) is 36.8 Å². The first kappa shape index (κ1) is 19.9. The number of anilines is 1. The number of carboxylic acid groups (broad SMARTS) is 1. The molecule has 0 aliphatic rings. The predicted octanol–water partition coefficient (Wildman–Crippen LogP) is 3.68. The van der Waals surface area contributed by atoms with Crippen molar-refractivity contribution in [2.75, 3.05) is 25.1 Å². The molecule has 0 amide bonds. The summed E-state index contributed by atoms with van der Waals surface area (Å²) in [6.45, 7) is 2.78. The fourth-order valence-corrected chi connectivity index (χ4v) is 3.37. The quantitative estimate of drug-likeness (QED) is 0.447. The van der Waals surface area contributed by atoms with Crippen LogP contribution in [0.5, 0.6) is 0 Å². The van der Waals surface area contributed by atoms with Crippen molar-refractivity contribution in [3.8, 4) is 0 Å². The van der Waals surface area contributed by atoms with Gasteiger partial charge in [0.25, 0.3) is 6.01 Å². The molecule has 4 aromatic rings. The van der Waals surface area contributed by atoms with Crippen molar-refractivity contribution in [2.45, 2.75) is 25.9 Å². The Bertz CT molecular complexity index is 1130. The number of benzene rings is 2. The number of carboxylic acids is 1. The van der Waals surface area contributed by atoms with Gasteiger partial charge in [0.15, 0.2) is 17.3 Å². The number of para-hydroxylation sites is 2. The molecule has 0 aliphatic carbocycles. The van der Waals surface area contributed by atoms with Crippen LogP contribution in [-0.4, -0.2) is 47.5 Å². The highest BCUT2D eigenvalue weighted by Gasteiger charge is 2.19. The summed E-state index contributed by atoms with van der Waals surface area (Å²) >= 11 is 0. The van der Waals surface area contributed by atoms with Gasteiger partial charge in [-0.1, -0.05) is 23.4 Å². The highest BCUT2D eigenvalue weighted by atomic mass is 16.5. The monoisotopic (exact) mass is 409 g/mol. The molecule has 2 heterocycles. The Morgan fingerprint density at radius 3 is 2.83 bits per heavy atom. The number of oxazole rings is 1. The molecule has 8 heteroatoms. The van der Waals surface area contributed by atoms with Crippen molar-refractivity contribution >= 4 is 34.1 Å². The largest absolute Gasteiger partial charge is 0.479 e. The van der Waals surface area contributed by atoms with Crippen molar-refractivity contribution in [1.82, 2.24) is 10.1 Å². The van der Waals surface area contributed by atoms with Crippen molar-refractivity contribution in [3.05, 3.63) is 53.7 Å². The second kappa shape index (κ2) is 8.54. The minimum atomic E-state index is -0.975. The lowest BCUT2D eigenvalue weighted by Crippen LogP contribution is -2.26. The molecular weight excluding hydrogens is 386 g/mol. The zero-order valence-electron chi connectivity index (χ0n) is 16.9. The molecule has 0 aliphatic heterocycles. The smallest absolute Gasteiger partial charge is 0.333 e. The van der Waals surface area contributed by atoms with E-state index in [0.717, 1.165) is 27.7 Å². The zero-order valence-corrected chi connectivity index (χ0v) is 16.9. The van der Waals surface area contributed by atoms with E-state index in [1.54, 1.807) is 6.92 Å². The molecule has 0 saturated carbocycles. The summed E-state index contributed by atoms with van der Waals surface area (Å²) in [6.07, 6.45) is 0.0493. The first-order valence-electron chi connectivity index (χ1n) is 9.83. The number of hydrogen-bond acceptors (Lipinski definition) is 7. The Hall–Kier alpha value is -3.39. The number of rotatable bonds is 9. The number of likely N-dealkylation sites (N-methyl/N-ethyl adjacent to an activating group) is 1. The third kappa shape index (κ3) is 4.13. The van der Waals surface area contributed by atoms with E-state index >= 15 is 0 Å². The molecule has 0 spiro atoms. The minimum Gasteiger partial charge on any atom is -0.479 e. The van der Waals surface area contributed by atoms with Gasteiger partial charge in [0, 0.05) is 38.4 Å². The molecule has 2 aromatic heterocycles. The number of carbonyl (C=O) groups is 1. The van der Waals surface area contributed by atoms with Crippen molar-refractivity contribution in [2.24, 2.45) is 0 Å². The number of nitrogens with zero attached hydrogens (tertiary/aromatic N) is 3. The summed E-state index contributed by atoms with van der Waals surface area (Å²) in [5, 5.41) is 14.4. The maximum atomic E-state index is 11.3. The van der Waals surface area contributed by atoms with Gasteiger partial charge in [0.05, 0.1) is 5.69 Å². The van der Waals surface area contributed by atoms with Gasteiger partial charge in [-0.2, -0.15) is 4.98 Å². The van der Waals surface area contributed by atoms with Crippen molar-refractivity contribution in [3.63, 3.8) is 0 Å². The molecular formula is C22H23N3O5. The van der Waals surface area contributed by atoms with Gasteiger partial charge < -0.3 is 23.7 Å². The highest BCUT2D eigenvalue weighted by Crippen LogP contribution is 2.24. The minimum absolute atomic E-state index is 0.273. The van der Waals surface area contributed by atoms with Crippen LogP contribution in [0.4, 0.5) is 6.01 Å². The second-order valence-electron chi connectivity index (χ2n) is 7.08. The van der Waals surface area contributed by atoms with E-state index in [2.05, 4.69) is 10.1 Å². The summed E-state index contributed by atoms with van der Waals surface area (Å²) < 4.78 is 16.6. The lowest BCUT2D eigenvalue weighted by molar-refractivity contribution is -0.149. The van der Waals surface area contributed by atoms with E-state index in [9.17, 15) is 9.90 Å². The number of aliphatic carboxylic acids is 1. The normalized spacial score (nSPS) is 12.5. The van der Waals surface area contributed by atoms with Gasteiger partial charge in [-0.3, -0.25) is 0 Å². The van der Waals surface area contributed by atoms with Crippen molar-refractivity contribution < 1.29 is 23.6 Å². The fourth-order valence-electron chi connectivity index (χ4n) is 3.37. The predicted molar refractivity (Wildman–Crippen MR) is 112 cm³/mol. The Balaban J connectivity index is 1.45. The maximum absolute atomic E-state index is 11.3. The van der Waals surface area contributed by atoms with Gasteiger partial charge >= 0.3 is 5.97 Å². The van der Waals surface area contributed by atoms with Crippen LogP contribution in [0.1, 0.15) is 18.2 Å². The Morgan fingerprint density at radius 2 is 2.07 bits per heavy atom. The van der Waals surface area contributed by atoms with Gasteiger partial charge in [0.1, 0.15) is 5.52 Å². The molecule has 156 valence electrons. The topological polar surface area (TPSA) is 102 Å². The number of fused-ring (bicyclic) bond motifs is 2. The second-order valence-corrected chi connectivity index (χ2v) is 7.08. The highest BCUT2D eigenvalue weighted by molar-refractivity contribution is 5.80. The Morgan fingerprint density at radius 1 is 1.23 bits per heavy atom. The van der Waals surface area contributed by atoms with Gasteiger partial charge in [-0.15, -0.1) is 0 Å². The van der Waals surface area contributed by atoms with E-state index in [0.29, 0.717) is 31.2 Å². The van der Waals surface area contributed by atoms with Gasteiger partial charge in [0.2, 0.25) is 0 Å². The van der Waals surface area contributed by atoms with Crippen LogP contribution in [-0.2, 0) is 22.4 Å². The van der Waals surface area contributed by atoms with Crippen LogP contribution < -0.4 is 4.90 Å². The molecule has 0 bridgehead atoms. The fraction of sp³-hybridized carbons (Fsp3) is 0.318. The number of ether oxygens (including phenoxy) is 1. The summed E-state index contributed by atoms with van der Waals surface area (Å²) in [6, 6.07) is 13.8. The lowest BCUT2D eigenvalue weighted by Gasteiger charge is -2.13. The molecule has 1 atom stereocenters. The molecule has 2 aromatic carbocycles. The van der Waals surface area contributed by atoms with Gasteiger partial charge in [-0.25, -0.2) is 4.79 Å². The average molecular weight is 409 g/mol. The SMILES string of the molecule is CCOC(Cc1ccc2c(CCN(C)c3nc4ccccc4o3)noc2c1)C(=O)O. The van der Waals surface area contributed by atoms with E-state index in [1.165, 1.54) is 0 Å². The molecule has 0 radical (unpaired) electrons. The molecule has 1 N–H and O–H groups in total. The van der Waals surface area contributed by atoms with E-state index in [4.69, 9.17) is 13.7 Å². The van der Waals surface area contributed by atoms with Crippen LogP contribution in [0, 0.1) is 0 Å². The summed E-state index contributed by atoms with van der Waals surface area (Å²) in [5.74, 6) is -0.975. The zero-order chi connectivity index (χ0) is 21.1. The van der Waals surface area contributed by atoms with Crippen LogP contribution in [0.15, 0.2) is 51.4 Å². The van der Waals surface area contributed by atoms with Crippen molar-refractivity contribution in [1.29, 1.82) is 0 Å². The Kier molecular flexibility index (Phi) is 5.67. The van der Waals surface area contributed by atoms with E-state index < -0.39 is 12.1 Å². The first-order chi connectivity index (χ1) is 14.5. The summed E-state index contributed by atoms with van der Waals surface area (Å²) in [4.78, 5) is 17.7.